The van der Waals surface area contributed by atoms with Gasteiger partial charge in [0.2, 0.25) is 5.91 Å². The van der Waals surface area contributed by atoms with Gasteiger partial charge in [0.1, 0.15) is 6.10 Å². The number of rotatable bonds is 51. The largest absolute Gasteiger partial charge is 0.462 e. The molecule has 0 aliphatic heterocycles. The molecule has 0 aliphatic rings. The molecule has 0 spiro atoms. The number of ether oxygens (including phenoxy) is 1. The van der Waals surface area contributed by atoms with Crippen molar-refractivity contribution in [3.63, 3.8) is 0 Å². The normalized spacial score (nSPS) is 13.2. The highest BCUT2D eigenvalue weighted by molar-refractivity contribution is 5.77. The second-order valence-electron chi connectivity index (χ2n) is 19.3. The maximum absolute atomic E-state index is 13.2. The van der Waals surface area contributed by atoms with E-state index in [2.05, 4.69) is 38.2 Å². The van der Waals surface area contributed by atoms with Gasteiger partial charge in [-0.1, -0.05) is 258 Å². The predicted octanol–water partition coefficient (Wildman–Crippen LogP) is 16.9. The van der Waals surface area contributed by atoms with Gasteiger partial charge in [0.25, 0.3) is 0 Å². The number of aliphatic hydroxyl groups excluding tert-OH is 2. The molecule has 0 heterocycles. The third kappa shape index (κ3) is 45.2. The van der Waals surface area contributed by atoms with Crippen molar-refractivity contribution >= 4 is 11.9 Å². The number of carbonyl (C=O) groups excluding carboxylic acids is 2. The highest BCUT2D eigenvalue weighted by Gasteiger charge is 2.24. The lowest BCUT2D eigenvalue weighted by molar-refractivity contribution is -0.151. The summed E-state index contributed by atoms with van der Waals surface area (Å²) in [5, 5.41) is 23.7. The van der Waals surface area contributed by atoms with Gasteiger partial charge in [-0.2, -0.15) is 0 Å². The van der Waals surface area contributed by atoms with Gasteiger partial charge < -0.3 is 20.3 Å². The Labute approximate surface area is 387 Å². The van der Waals surface area contributed by atoms with Gasteiger partial charge in [0, 0.05) is 6.42 Å². The van der Waals surface area contributed by atoms with Crippen LogP contribution in [0.2, 0.25) is 0 Å². The van der Waals surface area contributed by atoms with Crippen molar-refractivity contribution in [1.82, 2.24) is 5.32 Å². The fourth-order valence-electron chi connectivity index (χ4n) is 8.84. The van der Waals surface area contributed by atoms with E-state index in [0.29, 0.717) is 19.3 Å². The maximum atomic E-state index is 13.2. The minimum atomic E-state index is -0.783. The zero-order valence-corrected chi connectivity index (χ0v) is 42.0. The van der Waals surface area contributed by atoms with Crippen molar-refractivity contribution in [1.29, 1.82) is 0 Å². The molecule has 0 saturated heterocycles. The van der Waals surface area contributed by atoms with E-state index in [1.807, 2.05) is 0 Å². The predicted molar refractivity (Wildman–Crippen MR) is 269 cm³/mol. The number of unbranched alkanes of at least 4 members (excludes halogenated alkanes) is 37. The Morgan fingerprint density at radius 3 is 1.15 bits per heavy atom. The van der Waals surface area contributed by atoms with Crippen molar-refractivity contribution in [2.24, 2.45) is 0 Å². The number of aliphatic hydroxyl groups is 2. The average molecular weight is 876 g/mol. The van der Waals surface area contributed by atoms with Crippen LogP contribution in [0.15, 0.2) is 12.2 Å². The zero-order valence-electron chi connectivity index (χ0n) is 42.0. The van der Waals surface area contributed by atoms with Gasteiger partial charge in [-0.15, -0.1) is 0 Å². The molecule has 0 bridgehead atoms. The Bertz CT molecular complexity index is 939. The van der Waals surface area contributed by atoms with Crippen LogP contribution in [-0.4, -0.2) is 46.9 Å². The highest BCUT2D eigenvalue weighted by atomic mass is 16.5. The van der Waals surface area contributed by atoms with Crippen LogP contribution < -0.4 is 5.32 Å². The van der Waals surface area contributed by atoms with E-state index in [0.717, 1.165) is 64.2 Å². The fraction of sp³-hybridized carbons (Fsp3) is 0.929. The van der Waals surface area contributed by atoms with Crippen molar-refractivity contribution in [3.8, 4) is 0 Å². The lowest BCUT2D eigenvalue weighted by Gasteiger charge is -2.24. The highest BCUT2D eigenvalue weighted by Crippen LogP contribution is 2.19. The lowest BCUT2D eigenvalue weighted by atomic mass is 10.0. The number of nitrogens with one attached hydrogen (secondary N) is 1. The Morgan fingerprint density at radius 1 is 0.452 bits per heavy atom. The minimum absolute atomic E-state index is 0.0790. The van der Waals surface area contributed by atoms with Crippen LogP contribution in [0.5, 0.6) is 0 Å². The van der Waals surface area contributed by atoms with Gasteiger partial charge in [-0.05, 0) is 51.4 Å². The van der Waals surface area contributed by atoms with Crippen LogP contribution in [0.3, 0.4) is 0 Å². The Morgan fingerprint density at radius 2 is 0.774 bits per heavy atom. The summed E-state index contributed by atoms with van der Waals surface area (Å²) >= 11 is 0. The molecule has 0 aromatic rings. The summed E-state index contributed by atoms with van der Waals surface area (Å²) in [6.45, 7) is 6.49. The van der Waals surface area contributed by atoms with Crippen LogP contribution in [0, 0.1) is 0 Å². The van der Waals surface area contributed by atoms with Gasteiger partial charge >= 0.3 is 5.97 Å². The molecule has 368 valence electrons. The standard InChI is InChI=1S/C56H109NO5/c1-4-7-10-13-16-19-21-23-25-26-27-28-30-32-34-37-40-43-46-49-56(61)62-52(47-44-41-38-36-33-31-29-24-22-20-17-14-11-8-5-2)50-55(60)57-53(51-58)54(59)48-45-42-39-35-18-15-12-9-6-3/h24,29,52-54,58-59H,4-23,25-28,30-51H2,1-3H3,(H,57,60)/b29-24+. The number of hydrogen-bond donors (Lipinski definition) is 3. The summed E-state index contributed by atoms with van der Waals surface area (Å²) in [6.07, 6.45) is 57.1. The van der Waals surface area contributed by atoms with Gasteiger partial charge in [-0.25, -0.2) is 0 Å². The summed E-state index contributed by atoms with van der Waals surface area (Å²) in [7, 11) is 0. The topological polar surface area (TPSA) is 95.9 Å². The molecule has 6 heteroatoms. The molecule has 1 amide bonds. The molecule has 3 atom stereocenters. The van der Waals surface area contributed by atoms with Crippen molar-refractivity contribution < 1.29 is 24.5 Å². The van der Waals surface area contributed by atoms with Crippen LogP contribution in [-0.2, 0) is 14.3 Å². The third-order valence-corrected chi connectivity index (χ3v) is 13.1. The summed E-state index contributed by atoms with van der Waals surface area (Å²) in [6, 6.07) is -0.697. The van der Waals surface area contributed by atoms with Crippen molar-refractivity contribution in [3.05, 3.63) is 12.2 Å². The van der Waals surface area contributed by atoms with Crippen LogP contribution >= 0.6 is 0 Å². The molecule has 3 N–H and O–H groups in total. The molecule has 0 fully saturated rings. The number of amides is 1. The van der Waals surface area contributed by atoms with Crippen LogP contribution in [0.1, 0.15) is 310 Å². The maximum Gasteiger partial charge on any atom is 0.306 e. The lowest BCUT2D eigenvalue weighted by Crippen LogP contribution is -2.46. The molecule has 0 aliphatic carbocycles. The number of allylic oxidation sites excluding steroid dienone is 2. The molecular weight excluding hydrogens is 767 g/mol. The summed E-state index contributed by atoms with van der Waals surface area (Å²) < 4.78 is 5.95. The van der Waals surface area contributed by atoms with Crippen LogP contribution in [0.25, 0.3) is 0 Å². The minimum Gasteiger partial charge on any atom is -0.462 e. The molecular formula is C56H109NO5. The SMILES string of the molecule is CCCCCCCC/C=C/CCCCCCCC(CC(=O)NC(CO)C(O)CCCCCCCCCCC)OC(=O)CCCCCCCCCCCCCCCCCCCCC. The number of esters is 1. The van der Waals surface area contributed by atoms with E-state index in [1.54, 1.807) is 0 Å². The summed E-state index contributed by atoms with van der Waals surface area (Å²) in [5.74, 6) is -0.462. The van der Waals surface area contributed by atoms with E-state index in [-0.39, 0.29) is 24.9 Å². The number of hydrogen-bond acceptors (Lipinski definition) is 5. The molecule has 62 heavy (non-hydrogen) atoms. The molecule has 0 radical (unpaired) electrons. The van der Waals surface area contributed by atoms with E-state index < -0.39 is 18.2 Å². The third-order valence-electron chi connectivity index (χ3n) is 13.1. The second kappa shape index (κ2) is 50.6. The average Bonchev–Trinajstić information content (AvgIpc) is 3.26. The van der Waals surface area contributed by atoms with Crippen LogP contribution in [0.4, 0.5) is 0 Å². The first kappa shape index (κ1) is 60.6. The molecule has 0 rings (SSSR count). The van der Waals surface area contributed by atoms with Gasteiger partial charge in [0.15, 0.2) is 0 Å². The van der Waals surface area contributed by atoms with Gasteiger partial charge in [-0.3, -0.25) is 9.59 Å². The summed E-state index contributed by atoms with van der Waals surface area (Å²) in [5.41, 5.74) is 0. The first-order valence-electron chi connectivity index (χ1n) is 27.9. The molecule has 0 aromatic heterocycles. The van der Waals surface area contributed by atoms with Crippen molar-refractivity contribution in [2.75, 3.05) is 6.61 Å². The van der Waals surface area contributed by atoms with E-state index in [4.69, 9.17) is 4.74 Å². The Hall–Kier alpha value is -1.40. The monoisotopic (exact) mass is 876 g/mol. The van der Waals surface area contributed by atoms with E-state index >= 15 is 0 Å². The van der Waals surface area contributed by atoms with E-state index in [9.17, 15) is 19.8 Å². The smallest absolute Gasteiger partial charge is 0.306 e. The van der Waals surface area contributed by atoms with Gasteiger partial charge in [0.05, 0.1) is 25.2 Å². The fourth-order valence-corrected chi connectivity index (χ4v) is 8.84. The Balaban J connectivity index is 4.47. The number of carbonyl (C=O) groups is 2. The molecule has 0 saturated carbocycles. The first-order valence-corrected chi connectivity index (χ1v) is 27.9. The second-order valence-corrected chi connectivity index (χ2v) is 19.3. The quantitative estimate of drug-likeness (QED) is 0.0321. The van der Waals surface area contributed by atoms with Crippen molar-refractivity contribution in [2.45, 2.75) is 328 Å². The van der Waals surface area contributed by atoms with E-state index in [1.165, 1.54) is 199 Å². The summed E-state index contributed by atoms with van der Waals surface area (Å²) in [4.78, 5) is 26.2. The molecule has 3 unspecified atom stereocenters. The Kier molecular flexibility index (Phi) is 49.5. The zero-order chi connectivity index (χ0) is 45.2. The first-order chi connectivity index (χ1) is 30.5. The molecule has 6 nitrogen and oxygen atoms in total. The molecule has 0 aromatic carbocycles.